The van der Waals surface area contributed by atoms with Gasteiger partial charge in [0.2, 0.25) is 0 Å². The van der Waals surface area contributed by atoms with Gasteiger partial charge in [-0.05, 0) is 25.0 Å². The number of carbonyl (C=O) groups excluding carboxylic acids is 1. The highest BCUT2D eigenvalue weighted by Gasteiger charge is 2.34. The summed E-state index contributed by atoms with van der Waals surface area (Å²) in [6, 6.07) is 9.78. The molecule has 21 heavy (non-hydrogen) atoms. The van der Waals surface area contributed by atoms with Crippen molar-refractivity contribution < 1.29 is 9.53 Å². The Kier molecular flexibility index (Phi) is 3.56. The number of nitrogen functional groups attached to an aromatic ring is 1. The first-order valence-corrected chi connectivity index (χ1v) is 7.06. The third-order valence-electron chi connectivity index (χ3n) is 3.72. The van der Waals surface area contributed by atoms with Crippen LogP contribution in [0.15, 0.2) is 36.5 Å². The van der Waals surface area contributed by atoms with Gasteiger partial charge in [-0.2, -0.15) is 0 Å². The number of amides is 1. The summed E-state index contributed by atoms with van der Waals surface area (Å²) in [4.78, 5) is 17.5. The van der Waals surface area contributed by atoms with Crippen molar-refractivity contribution in [1.82, 2.24) is 9.88 Å². The zero-order chi connectivity index (χ0) is 14.8. The highest BCUT2D eigenvalue weighted by atomic mass is 16.5. The van der Waals surface area contributed by atoms with Crippen LogP contribution in [0.25, 0.3) is 0 Å². The van der Waals surface area contributed by atoms with E-state index in [9.17, 15) is 4.79 Å². The second-order valence-electron chi connectivity index (χ2n) is 5.32. The van der Waals surface area contributed by atoms with E-state index >= 15 is 0 Å². The van der Waals surface area contributed by atoms with Crippen LogP contribution in [-0.4, -0.2) is 28.9 Å². The minimum absolute atomic E-state index is 0.0138. The molecule has 1 aromatic heterocycles. The number of hydrogen-bond donors (Lipinski definition) is 2. The van der Waals surface area contributed by atoms with Gasteiger partial charge in [-0.1, -0.05) is 18.2 Å². The number of aromatic amines is 1. The van der Waals surface area contributed by atoms with Crippen LogP contribution in [-0.2, 0) is 6.54 Å². The van der Waals surface area contributed by atoms with Crippen molar-refractivity contribution >= 4 is 11.6 Å². The summed E-state index contributed by atoms with van der Waals surface area (Å²) in [5.41, 5.74) is 7.81. The maximum atomic E-state index is 12.6. The second kappa shape index (κ2) is 5.52. The van der Waals surface area contributed by atoms with Gasteiger partial charge in [-0.15, -0.1) is 0 Å². The van der Waals surface area contributed by atoms with Crippen LogP contribution in [0.1, 0.15) is 28.9 Å². The number of ether oxygens (including phenoxy) is 1. The molecule has 3 rings (SSSR count). The van der Waals surface area contributed by atoms with Gasteiger partial charge in [-0.25, -0.2) is 0 Å². The zero-order valence-corrected chi connectivity index (χ0v) is 12.0. The van der Waals surface area contributed by atoms with Crippen molar-refractivity contribution in [2.45, 2.75) is 25.4 Å². The highest BCUT2D eigenvalue weighted by molar-refractivity contribution is 5.93. The van der Waals surface area contributed by atoms with Crippen LogP contribution in [0.4, 0.5) is 5.69 Å². The van der Waals surface area contributed by atoms with Gasteiger partial charge in [-0.3, -0.25) is 4.79 Å². The molecule has 1 amide bonds. The number of nitrogens with zero attached hydrogens (tertiary/aromatic N) is 1. The topological polar surface area (TPSA) is 71.3 Å². The van der Waals surface area contributed by atoms with Crippen LogP contribution in [0.5, 0.6) is 5.75 Å². The lowest BCUT2D eigenvalue weighted by molar-refractivity contribution is 0.0723. The molecule has 0 radical (unpaired) electrons. The molecule has 0 unspecified atom stereocenters. The van der Waals surface area contributed by atoms with Gasteiger partial charge in [0.25, 0.3) is 5.91 Å². The summed E-state index contributed by atoms with van der Waals surface area (Å²) in [7, 11) is 1.65. The van der Waals surface area contributed by atoms with Crippen molar-refractivity contribution in [3.63, 3.8) is 0 Å². The van der Waals surface area contributed by atoms with Gasteiger partial charge in [0.15, 0.2) is 0 Å². The Morgan fingerprint density at radius 2 is 2.19 bits per heavy atom. The lowest BCUT2D eigenvalue weighted by atomic mass is 10.1. The molecule has 1 fully saturated rings. The number of para-hydroxylation sites is 1. The quantitative estimate of drug-likeness (QED) is 0.886. The molecule has 3 N–H and O–H groups in total. The van der Waals surface area contributed by atoms with Crippen LogP contribution in [0.3, 0.4) is 0 Å². The summed E-state index contributed by atoms with van der Waals surface area (Å²) in [5, 5.41) is 0. The number of nitrogens with two attached hydrogens (primary N) is 1. The van der Waals surface area contributed by atoms with Gasteiger partial charge in [0, 0.05) is 30.0 Å². The average molecular weight is 285 g/mol. The minimum Gasteiger partial charge on any atom is -0.496 e. The molecule has 110 valence electrons. The van der Waals surface area contributed by atoms with Crippen LogP contribution < -0.4 is 10.5 Å². The number of benzene rings is 1. The zero-order valence-electron chi connectivity index (χ0n) is 12.0. The van der Waals surface area contributed by atoms with Crippen LogP contribution in [0.2, 0.25) is 0 Å². The maximum absolute atomic E-state index is 12.6. The standard InChI is InChI=1S/C16H19N3O2/c1-21-15-5-3-2-4-11(15)10-19(13-6-7-13)16(20)14-8-12(17)9-18-14/h2-5,8-9,13,18H,6-7,10,17H2,1H3. The molecule has 1 aromatic carbocycles. The molecule has 0 spiro atoms. The molecule has 0 atom stereocenters. The Labute approximate surface area is 123 Å². The van der Waals surface area contributed by atoms with Crippen molar-refractivity contribution in [2.75, 3.05) is 12.8 Å². The smallest absolute Gasteiger partial charge is 0.270 e. The van der Waals surface area contributed by atoms with E-state index in [1.54, 1.807) is 19.4 Å². The monoisotopic (exact) mass is 285 g/mol. The number of anilines is 1. The third-order valence-corrected chi connectivity index (χ3v) is 3.72. The molecule has 2 aromatic rings. The van der Waals surface area contributed by atoms with E-state index in [-0.39, 0.29) is 5.91 Å². The molecule has 1 aliphatic rings. The van der Waals surface area contributed by atoms with Crippen LogP contribution >= 0.6 is 0 Å². The molecule has 0 aliphatic heterocycles. The van der Waals surface area contributed by atoms with Crippen molar-refractivity contribution in [1.29, 1.82) is 0 Å². The summed E-state index contributed by atoms with van der Waals surface area (Å²) in [5.74, 6) is 0.794. The number of rotatable bonds is 5. The first-order valence-electron chi connectivity index (χ1n) is 7.06. The van der Waals surface area contributed by atoms with Gasteiger partial charge < -0.3 is 20.4 Å². The van der Waals surface area contributed by atoms with Gasteiger partial charge in [0.05, 0.1) is 7.11 Å². The molecule has 1 saturated carbocycles. The fourth-order valence-corrected chi connectivity index (χ4v) is 2.46. The lowest BCUT2D eigenvalue weighted by Crippen LogP contribution is -2.33. The van der Waals surface area contributed by atoms with Crippen molar-refractivity contribution in [3.05, 3.63) is 47.8 Å². The van der Waals surface area contributed by atoms with E-state index in [0.29, 0.717) is 24.0 Å². The van der Waals surface area contributed by atoms with E-state index in [2.05, 4.69) is 4.98 Å². The molecule has 1 heterocycles. The number of carbonyl (C=O) groups is 1. The van der Waals surface area contributed by atoms with E-state index in [0.717, 1.165) is 24.2 Å². The first-order chi connectivity index (χ1) is 10.2. The predicted octanol–water partition coefficient (Wildman–Crippen LogP) is 2.41. The Morgan fingerprint density at radius 1 is 1.43 bits per heavy atom. The molecular formula is C16H19N3O2. The number of H-pyrrole nitrogens is 1. The predicted molar refractivity (Wildman–Crippen MR) is 81.1 cm³/mol. The maximum Gasteiger partial charge on any atom is 0.270 e. The number of nitrogens with one attached hydrogen (secondary N) is 1. The lowest BCUT2D eigenvalue weighted by Gasteiger charge is -2.23. The highest BCUT2D eigenvalue weighted by Crippen LogP contribution is 2.31. The van der Waals surface area contributed by atoms with E-state index in [1.165, 1.54) is 0 Å². The van der Waals surface area contributed by atoms with Gasteiger partial charge >= 0.3 is 0 Å². The second-order valence-corrected chi connectivity index (χ2v) is 5.32. The van der Waals surface area contributed by atoms with Crippen molar-refractivity contribution in [2.24, 2.45) is 0 Å². The van der Waals surface area contributed by atoms with E-state index in [4.69, 9.17) is 10.5 Å². The minimum atomic E-state index is -0.0138. The summed E-state index contributed by atoms with van der Waals surface area (Å²) < 4.78 is 5.37. The molecular weight excluding hydrogens is 266 g/mol. The Hall–Kier alpha value is -2.43. The Balaban J connectivity index is 1.83. The SMILES string of the molecule is COc1ccccc1CN(C(=O)c1cc(N)c[nH]1)C1CC1. The fourth-order valence-electron chi connectivity index (χ4n) is 2.46. The third kappa shape index (κ3) is 2.86. The number of hydrogen-bond acceptors (Lipinski definition) is 3. The number of methoxy groups -OCH3 is 1. The van der Waals surface area contributed by atoms with Crippen molar-refractivity contribution in [3.8, 4) is 5.75 Å². The normalized spacial score (nSPS) is 14.0. The van der Waals surface area contributed by atoms with Gasteiger partial charge in [0.1, 0.15) is 11.4 Å². The number of aromatic nitrogens is 1. The fraction of sp³-hybridized carbons (Fsp3) is 0.312. The van der Waals surface area contributed by atoms with Crippen LogP contribution in [0, 0.1) is 0 Å². The first kappa shape index (κ1) is 13.5. The molecule has 1 aliphatic carbocycles. The Bertz CT molecular complexity index is 646. The molecule has 0 bridgehead atoms. The summed E-state index contributed by atoms with van der Waals surface area (Å²) in [6.07, 6.45) is 3.75. The Morgan fingerprint density at radius 3 is 2.81 bits per heavy atom. The molecule has 5 nitrogen and oxygen atoms in total. The summed E-state index contributed by atoms with van der Waals surface area (Å²) in [6.45, 7) is 0.548. The van der Waals surface area contributed by atoms with E-state index in [1.807, 2.05) is 29.2 Å². The largest absolute Gasteiger partial charge is 0.496 e. The molecule has 0 saturated heterocycles. The summed E-state index contributed by atoms with van der Waals surface area (Å²) >= 11 is 0. The average Bonchev–Trinajstić information content (AvgIpc) is 3.25. The van der Waals surface area contributed by atoms with E-state index < -0.39 is 0 Å². The molecule has 5 heteroatoms.